The predicted molar refractivity (Wildman–Crippen MR) is 147 cm³/mol. The Kier molecular flexibility index (Phi) is 10.1. The lowest BCUT2D eigenvalue weighted by Gasteiger charge is -2.32. The van der Waals surface area contributed by atoms with Crippen LogP contribution in [0.15, 0.2) is 89.8 Å². The van der Waals surface area contributed by atoms with Crippen LogP contribution in [0.3, 0.4) is 0 Å². The number of hydrogen-bond acceptors (Lipinski definition) is 4. The summed E-state index contributed by atoms with van der Waals surface area (Å²) in [6.45, 7) is 3.71. The van der Waals surface area contributed by atoms with Gasteiger partial charge in [-0.05, 0) is 49.2 Å². The highest BCUT2D eigenvalue weighted by Crippen LogP contribution is 2.25. The highest BCUT2D eigenvalue weighted by atomic mass is 35.5. The molecule has 0 aliphatic heterocycles. The van der Waals surface area contributed by atoms with Crippen molar-refractivity contribution in [3.8, 4) is 0 Å². The fourth-order valence-electron chi connectivity index (χ4n) is 3.77. The van der Waals surface area contributed by atoms with Gasteiger partial charge in [0.15, 0.2) is 0 Å². The van der Waals surface area contributed by atoms with Crippen LogP contribution in [0.4, 0.5) is 5.69 Å². The molecule has 0 aromatic heterocycles. The van der Waals surface area contributed by atoms with E-state index in [4.69, 9.17) is 11.6 Å². The standard InChI is InChI=1S/C28H32ClN3O4S/c1-3-4-19-30-28(34)22(2)31(20-23-13-11-12-18-26(23)29)27(33)21-32(24-14-7-5-8-15-24)37(35,36)25-16-9-6-10-17-25/h5-18,22H,3-4,19-21H2,1-2H3,(H,30,34)/t22-/m1/s1. The minimum absolute atomic E-state index is 0.0505. The number of carbonyl (C=O) groups is 2. The minimum atomic E-state index is -4.07. The number of halogens is 1. The van der Waals surface area contributed by atoms with Gasteiger partial charge < -0.3 is 10.2 Å². The highest BCUT2D eigenvalue weighted by molar-refractivity contribution is 7.92. The number of hydrogen-bond donors (Lipinski definition) is 1. The van der Waals surface area contributed by atoms with E-state index in [0.29, 0.717) is 22.8 Å². The molecule has 0 aliphatic carbocycles. The maximum atomic E-state index is 13.8. The molecule has 0 radical (unpaired) electrons. The zero-order valence-corrected chi connectivity index (χ0v) is 22.6. The molecule has 1 N–H and O–H groups in total. The molecule has 3 rings (SSSR count). The third-order valence-corrected chi connectivity index (χ3v) is 8.11. The molecule has 196 valence electrons. The van der Waals surface area contributed by atoms with Crippen LogP contribution in [0.2, 0.25) is 5.02 Å². The van der Waals surface area contributed by atoms with Crippen molar-refractivity contribution < 1.29 is 18.0 Å². The zero-order valence-electron chi connectivity index (χ0n) is 21.0. The summed E-state index contributed by atoms with van der Waals surface area (Å²) in [4.78, 5) is 28.2. The fraction of sp³-hybridized carbons (Fsp3) is 0.286. The van der Waals surface area contributed by atoms with Crippen molar-refractivity contribution >= 4 is 39.1 Å². The summed E-state index contributed by atoms with van der Waals surface area (Å²) in [7, 11) is -4.07. The molecular weight excluding hydrogens is 510 g/mol. The zero-order chi connectivity index (χ0) is 26.8. The number of nitrogens with one attached hydrogen (secondary N) is 1. The number of nitrogens with zero attached hydrogens (tertiary/aromatic N) is 2. The minimum Gasteiger partial charge on any atom is -0.354 e. The number of anilines is 1. The quantitative estimate of drug-likeness (QED) is 0.331. The summed E-state index contributed by atoms with van der Waals surface area (Å²) in [5.74, 6) is -0.840. The summed E-state index contributed by atoms with van der Waals surface area (Å²) >= 11 is 6.37. The van der Waals surface area contributed by atoms with Gasteiger partial charge in [-0.1, -0.05) is 79.5 Å². The number of carbonyl (C=O) groups excluding carboxylic acids is 2. The Morgan fingerprint density at radius 1 is 0.919 bits per heavy atom. The van der Waals surface area contributed by atoms with Crippen molar-refractivity contribution in [3.05, 3.63) is 95.5 Å². The van der Waals surface area contributed by atoms with Crippen molar-refractivity contribution in [2.75, 3.05) is 17.4 Å². The first-order valence-electron chi connectivity index (χ1n) is 12.2. The lowest BCUT2D eigenvalue weighted by molar-refractivity contribution is -0.139. The second kappa shape index (κ2) is 13.3. The van der Waals surface area contributed by atoms with E-state index in [1.807, 2.05) is 6.92 Å². The molecule has 0 saturated carbocycles. The normalized spacial score (nSPS) is 12.0. The molecule has 3 aromatic carbocycles. The van der Waals surface area contributed by atoms with Crippen LogP contribution < -0.4 is 9.62 Å². The van der Waals surface area contributed by atoms with E-state index in [1.54, 1.807) is 79.7 Å². The molecule has 0 heterocycles. The molecular formula is C28H32ClN3O4S. The Labute approximate surface area is 224 Å². The van der Waals surface area contributed by atoms with Crippen molar-refractivity contribution in [1.82, 2.24) is 10.2 Å². The second-order valence-corrected chi connectivity index (χ2v) is 10.9. The largest absolute Gasteiger partial charge is 0.354 e. The van der Waals surface area contributed by atoms with Crippen LogP contribution in [0, 0.1) is 0 Å². The number of sulfonamides is 1. The summed E-state index contributed by atoms with van der Waals surface area (Å²) in [5, 5.41) is 3.32. The van der Waals surface area contributed by atoms with Crippen LogP contribution in [-0.4, -0.2) is 44.3 Å². The van der Waals surface area contributed by atoms with Gasteiger partial charge in [0.1, 0.15) is 12.6 Å². The van der Waals surface area contributed by atoms with Gasteiger partial charge in [0, 0.05) is 18.1 Å². The van der Waals surface area contributed by atoms with Crippen molar-refractivity contribution in [2.45, 2.75) is 44.2 Å². The lowest BCUT2D eigenvalue weighted by Crippen LogP contribution is -2.51. The number of para-hydroxylation sites is 1. The Bertz CT molecular complexity index is 1290. The van der Waals surface area contributed by atoms with E-state index < -0.39 is 28.5 Å². The van der Waals surface area contributed by atoms with Crippen LogP contribution in [0.25, 0.3) is 0 Å². The van der Waals surface area contributed by atoms with Gasteiger partial charge in [-0.3, -0.25) is 13.9 Å². The molecule has 3 aromatic rings. The summed E-state index contributed by atoms with van der Waals surface area (Å²) < 4.78 is 28.3. The van der Waals surface area contributed by atoms with Crippen molar-refractivity contribution in [2.24, 2.45) is 0 Å². The Morgan fingerprint density at radius 3 is 2.14 bits per heavy atom. The lowest BCUT2D eigenvalue weighted by atomic mass is 10.1. The molecule has 2 amide bonds. The summed E-state index contributed by atoms with van der Waals surface area (Å²) in [5.41, 5.74) is 1.00. The van der Waals surface area contributed by atoms with Gasteiger partial charge >= 0.3 is 0 Å². The molecule has 9 heteroatoms. The Morgan fingerprint density at radius 2 is 1.51 bits per heavy atom. The van der Waals surface area contributed by atoms with Crippen LogP contribution >= 0.6 is 11.6 Å². The van der Waals surface area contributed by atoms with Crippen molar-refractivity contribution in [1.29, 1.82) is 0 Å². The summed E-state index contributed by atoms with van der Waals surface area (Å²) in [6.07, 6.45) is 1.73. The van der Waals surface area contributed by atoms with Gasteiger partial charge in [0.25, 0.3) is 10.0 Å². The molecule has 0 spiro atoms. The highest BCUT2D eigenvalue weighted by Gasteiger charge is 2.32. The Balaban J connectivity index is 1.97. The smallest absolute Gasteiger partial charge is 0.264 e. The number of benzene rings is 3. The molecule has 0 saturated heterocycles. The van der Waals surface area contributed by atoms with E-state index in [1.165, 1.54) is 17.0 Å². The second-order valence-electron chi connectivity index (χ2n) is 8.59. The van der Waals surface area contributed by atoms with Gasteiger partial charge in [-0.2, -0.15) is 0 Å². The van der Waals surface area contributed by atoms with E-state index in [2.05, 4.69) is 5.32 Å². The number of rotatable bonds is 12. The third-order valence-electron chi connectivity index (χ3n) is 5.95. The molecule has 0 unspecified atom stereocenters. The topological polar surface area (TPSA) is 86.8 Å². The molecule has 0 aliphatic rings. The average Bonchev–Trinajstić information content (AvgIpc) is 2.91. The van der Waals surface area contributed by atoms with Crippen LogP contribution in [-0.2, 0) is 26.2 Å². The number of amides is 2. The molecule has 0 bridgehead atoms. The predicted octanol–water partition coefficient (Wildman–Crippen LogP) is 4.87. The van der Waals surface area contributed by atoms with Gasteiger partial charge in [-0.15, -0.1) is 0 Å². The summed E-state index contributed by atoms with van der Waals surface area (Å²) in [6, 6.07) is 22.6. The van der Waals surface area contributed by atoms with Crippen LogP contribution in [0.1, 0.15) is 32.3 Å². The van der Waals surface area contributed by atoms with E-state index >= 15 is 0 Å². The molecule has 37 heavy (non-hydrogen) atoms. The van der Waals surface area contributed by atoms with Gasteiger partial charge in [-0.25, -0.2) is 8.42 Å². The SMILES string of the molecule is CCCCNC(=O)[C@@H](C)N(Cc1ccccc1Cl)C(=O)CN(c1ccccc1)S(=O)(=O)c1ccccc1. The first kappa shape index (κ1) is 28.2. The average molecular weight is 542 g/mol. The first-order valence-corrected chi connectivity index (χ1v) is 14.0. The molecule has 1 atom stereocenters. The monoisotopic (exact) mass is 541 g/mol. The van der Waals surface area contributed by atoms with E-state index in [0.717, 1.165) is 17.1 Å². The fourth-order valence-corrected chi connectivity index (χ4v) is 5.40. The maximum absolute atomic E-state index is 13.8. The van der Waals surface area contributed by atoms with E-state index in [9.17, 15) is 18.0 Å². The van der Waals surface area contributed by atoms with Gasteiger partial charge in [0.2, 0.25) is 11.8 Å². The molecule has 0 fully saturated rings. The van der Waals surface area contributed by atoms with Crippen LogP contribution in [0.5, 0.6) is 0 Å². The van der Waals surface area contributed by atoms with Crippen molar-refractivity contribution in [3.63, 3.8) is 0 Å². The maximum Gasteiger partial charge on any atom is 0.264 e. The van der Waals surface area contributed by atoms with E-state index in [-0.39, 0.29) is 17.3 Å². The third kappa shape index (κ3) is 7.33. The number of unbranched alkanes of at least 4 members (excludes halogenated alkanes) is 1. The Hall–Kier alpha value is -3.36. The first-order chi connectivity index (χ1) is 17.8. The molecule has 7 nitrogen and oxygen atoms in total. The van der Waals surface area contributed by atoms with Gasteiger partial charge in [0.05, 0.1) is 10.6 Å².